The van der Waals surface area contributed by atoms with Crippen molar-refractivity contribution in [3.8, 4) is 22.9 Å². The van der Waals surface area contributed by atoms with Crippen LogP contribution in [0.15, 0.2) is 51.4 Å². The topological polar surface area (TPSA) is 89.6 Å². The number of aromatic amines is 1. The van der Waals surface area contributed by atoms with Crippen LogP contribution in [0.2, 0.25) is 0 Å². The third-order valence-electron chi connectivity index (χ3n) is 3.36. The predicted octanol–water partition coefficient (Wildman–Crippen LogP) is 2.54. The van der Waals surface area contributed by atoms with E-state index in [1.54, 1.807) is 28.2 Å². The first-order chi connectivity index (χ1) is 11.7. The van der Waals surface area contributed by atoms with Gasteiger partial charge in [-0.25, -0.2) is 4.98 Å². The summed E-state index contributed by atoms with van der Waals surface area (Å²) in [4.78, 5) is 18.8. The van der Waals surface area contributed by atoms with E-state index in [2.05, 4.69) is 20.2 Å². The Bertz CT molecular complexity index is 1020. The van der Waals surface area contributed by atoms with E-state index < -0.39 is 11.4 Å². The molecule has 1 N–H and O–H groups in total. The van der Waals surface area contributed by atoms with Gasteiger partial charge in [0.05, 0.1) is 18.4 Å². The molecule has 0 unspecified atom stereocenters. The van der Waals surface area contributed by atoms with Gasteiger partial charge in [-0.05, 0) is 17.5 Å². The summed E-state index contributed by atoms with van der Waals surface area (Å²) < 4.78 is 19.8. The molecule has 0 fully saturated rings. The number of nitrogens with one attached hydrogen (secondary N) is 1. The van der Waals surface area contributed by atoms with Gasteiger partial charge in [-0.3, -0.25) is 9.48 Å². The first-order valence-corrected chi connectivity index (χ1v) is 7.85. The summed E-state index contributed by atoms with van der Waals surface area (Å²) in [6, 6.07) is 7.39. The minimum absolute atomic E-state index is 0.191. The maximum atomic E-state index is 13.1. The Morgan fingerprint density at radius 3 is 2.96 bits per heavy atom. The molecule has 0 atom stereocenters. The standard InChI is InChI=1S/C15H10FN5O2S/c16-10-7-17-14(18-15(10)22)12-6-13(11-3-4-23-20-11)21(19-12)8-9-2-1-5-24-9/h1-7H,8H2,(H,17,18,22). The highest BCUT2D eigenvalue weighted by molar-refractivity contribution is 7.09. The van der Waals surface area contributed by atoms with Crippen LogP contribution in [0.25, 0.3) is 22.9 Å². The number of nitrogens with zero attached hydrogens (tertiary/aromatic N) is 4. The van der Waals surface area contributed by atoms with E-state index in [0.717, 1.165) is 11.1 Å². The molecule has 4 aromatic rings. The number of halogens is 1. The molecular formula is C15H10FN5O2S. The Morgan fingerprint density at radius 2 is 2.25 bits per heavy atom. The summed E-state index contributed by atoms with van der Waals surface area (Å²) in [5, 5.41) is 10.4. The van der Waals surface area contributed by atoms with Crippen LogP contribution in [0.4, 0.5) is 4.39 Å². The molecule has 120 valence electrons. The van der Waals surface area contributed by atoms with E-state index in [1.807, 2.05) is 17.5 Å². The normalized spacial score (nSPS) is 11.0. The summed E-state index contributed by atoms with van der Waals surface area (Å²) in [5.74, 6) is -0.746. The lowest BCUT2D eigenvalue weighted by atomic mass is 10.2. The Kier molecular flexibility index (Phi) is 3.54. The summed E-state index contributed by atoms with van der Waals surface area (Å²) in [6.07, 6.45) is 2.34. The average molecular weight is 343 g/mol. The molecule has 7 nitrogen and oxygen atoms in total. The number of thiophene rings is 1. The monoisotopic (exact) mass is 343 g/mol. The van der Waals surface area contributed by atoms with Crippen molar-refractivity contribution in [2.45, 2.75) is 6.54 Å². The Hall–Kier alpha value is -3.07. The molecule has 9 heteroatoms. The summed E-state index contributed by atoms with van der Waals surface area (Å²) >= 11 is 1.61. The maximum absolute atomic E-state index is 13.1. The molecule has 0 saturated carbocycles. The summed E-state index contributed by atoms with van der Waals surface area (Å²) in [6.45, 7) is 0.533. The van der Waals surface area contributed by atoms with Crippen LogP contribution in [-0.4, -0.2) is 24.9 Å². The van der Waals surface area contributed by atoms with Gasteiger partial charge in [0.25, 0.3) is 5.56 Å². The largest absolute Gasteiger partial charge is 0.364 e. The van der Waals surface area contributed by atoms with Crippen LogP contribution >= 0.6 is 11.3 Å². The van der Waals surface area contributed by atoms with Crippen LogP contribution in [0.1, 0.15) is 4.88 Å². The second-order valence-corrected chi connectivity index (χ2v) is 5.98. The zero-order valence-electron chi connectivity index (χ0n) is 12.1. The smallest absolute Gasteiger partial charge is 0.287 e. The highest BCUT2D eigenvalue weighted by atomic mass is 32.1. The minimum atomic E-state index is -0.937. The molecule has 4 rings (SSSR count). The molecule has 0 aliphatic carbocycles. The maximum Gasteiger partial charge on any atom is 0.287 e. The van der Waals surface area contributed by atoms with Gasteiger partial charge in [-0.1, -0.05) is 11.2 Å². The molecule has 0 aromatic carbocycles. The van der Waals surface area contributed by atoms with Crippen molar-refractivity contribution in [3.63, 3.8) is 0 Å². The van der Waals surface area contributed by atoms with Gasteiger partial charge in [0.1, 0.15) is 17.7 Å². The molecule has 0 spiro atoms. The van der Waals surface area contributed by atoms with E-state index in [1.165, 1.54) is 6.26 Å². The van der Waals surface area contributed by atoms with Crippen molar-refractivity contribution < 1.29 is 8.91 Å². The zero-order valence-corrected chi connectivity index (χ0v) is 13.0. The Morgan fingerprint density at radius 1 is 1.33 bits per heavy atom. The molecule has 0 aliphatic heterocycles. The fraction of sp³-hybridized carbons (Fsp3) is 0.0667. The molecule has 0 saturated heterocycles. The van der Waals surface area contributed by atoms with Crippen molar-refractivity contribution >= 4 is 11.3 Å². The second-order valence-electron chi connectivity index (χ2n) is 4.95. The lowest BCUT2D eigenvalue weighted by Crippen LogP contribution is -2.12. The van der Waals surface area contributed by atoms with Gasteiger partial charge in [-0.2, -0.15) is 9.49 Å². The highest BCUT2D eigenvalue weighted by Crippen LogP contribution is 2.24. The number of aromatic nitrogens is 5. The van der Waals surface area contributed by atoms with Crippen molar-refractivity contribution in [1.29, 1.82) is 0 Å². The van der Waals surface area contributed by atoms with Gasteiger partial charge in [-0.15, -0.1) is 11.3 Å². The van der Waals surface area contributed by atoms with Gasteiger partial charge in [0, 0.05) is 10.9 Å². The first kappa shape index (κ1) is 14.5. The molecule has 0 radical (unpaired) electrons. The zero-order chi connectivity index (χ0) is 16.5. The molecule has 24 heavy (non-hydrogen) atoms. The van der Waals surface area contributed by atoms with Crippen molar-refractivity contribution in [2.75, 3.05) is 0 Å². The van der Waals surface area contributed by atoms with Crippen LogP contribution in [0.5, 0.6) is 0 Å². The summed E-state index contributed by atoms with van der Waals surface area (Å²) in [5.41, 5.74) is 0.895. The van der Waals surface area contributed by atoms with Crippen LogP contribution in [-0.2, 0) is 6.54 Å². The first-order valence-electron chi connectivity index (χ1n) is 6.97. The second kappa shape index (κ2) is 5.85. The Balaban J connectivity index is 1.81. The van der Waals surface area contributed by atoms with Gasteiger partial charge < -0.3 is 9.51 Å². The molecule has 0 aliphatic rings. The number of hydrogen-bond donors (Lipinski definition) is 1. The van der Waals surface area contributed by atoms with E-state index >= 15 is 0 Å². The number of rotatable bonds is 4. The fourth-order valence-electron chi connectivity index (χ4n) is 2.26. The van der Waals surface area contributed by atoms with Gasteiger partial charge in [0.15, 0.2) is 5.82 Å². The fourth-order valence-corrected chi connectivity index (χ4v) is 2.95. The number of H-pyrrole nitrogens is 1. The van der Waals surface area contributed by atoms with Gasteiger partial charge in [0.2, 0.25) is 5.82 Å². The third kappa shape index (κ3) is 2.65. The van der Waals surface area contributed by atoms with Crippen LogP contribution in [0, 0.1) is 5.82 Å². The van der Waals surface area contributed by atoms with Crippen LogP contribution < -0.4 is 5.56 Å². The van der Waals surface area contributed by atoms with E-state index in [4.69, 9.17) is 4.52 Å². The SMILES string of the molecule is O=c1[nH]c(-c2cc(-c3ccon3)n(Cc3cccs3)n2)ncc1F. The quantitative estimate of drug-likeness (QED) is 0.615. The van der Waals surface area contributed by atoms with Crippen molar-refractivity contribution in [1.82, 2.24) is 24.9 Å². The highest BCUT2D eigenvalue weighted by Gasteiger charge is 2.16. The summed E-state index contributed by atoms with van der Waals surface area (Å²) in [7, 11) is 0. The molecule has 0 amide bonds. The van der Waals surface area contributed by atoms with E-state index in [-0.39, 0.29) is 5.82 Å². The minimum Gasteiger partial charge on any atom is -0.364 e. The molecular weight excluding hydrogens is 333 g/mol. The predicted molar refractivity (Wildman–Crippen MR) is 85.0 cm³/mol. The third-order valence-corrected chi connectivity index (χ3v) is 4.23. The van der Waals surface area contributed by atoms with E-state index in [0.29, 0.717) is 23.6 Å². The molecule has 4 aromatic heterocycles. The van der Waals surface area contributed by atoms with Crippen LogP contribution in [0.3, 0.4) is 0 Å². The molecule has 4 heterocycles. The lowest BCUT2D eigenvalue weighted by Gasteiger charge is -2.03. The van der Waals surface area contributed by atoms with Crippen molar-refractivity contribution in [3.05, 3.63) is 63.2 Å². The van der Waals surface area contributed by atoms with E-state index in [9.17, 15) is 9.18 Å². The molecule has 0 bridgehead atoms. The Labute approximate surface area is 138 Å². The van der Waals surface area contributed by atoms with Gasteiger partial charge >= 0.3 is 0 Å². The van der Waals surface area contributed by atoms with Crippen molar-refractivity contribution in [2.24, 2.45) is 0 Å². The lowest BCUT2D eigenvalue weighted by molar-refractivity contribution is 0.421. The number of hydrogen-bond acceptors (Lipinski definition) is 6. The average Bonchev–Trinajstić information content (AvgIpc) is 3.31.